The molecule has 7 heteroatoms. The Hall–Kier alpha value is -1.08. The SMILES string of the molecule is CC(C)C1CCCN(S(=O)(=O)c2cn(C)nc2N)CC1. The smallest absolute Gasteiger partial charge is 0.248 e. The number of hydrogen-bond donors (Lipinski definition) is 1. The Kier molecular flexibility index (Phi) is 4.39. The Labute approximate surface area is 121 Å². The second-order valence-corrected chi connectivity index (χ2v) is 7.80. The minimum Gasteiger partial charge on any atom is -0.381 e. The molecule has 1 saturated heterocycles. The van der Waals surface area contributed by atoms with Gasteiger partial charge in [0.1, 0.15) is 4.90 Å². The minimum atomic E-state index is -3.52. The number of nitrogens with zero attached hydrogens (tertiary/aromatic N) is 3. The Morgan fingerprint density at radius 1 is 1.35 bits per heavy atom. The van der Waals surface area contributed by atoms with Crippen molar-refractivity contribution in [1.82, 2.24) is 14.1 Å². The molecule has 0 aromatic carbocycles. The van der Waals surface area contributed by atoms with E-state index in [1.54, 1.807) is 11.4 Å². The normalized spacial score (nSPS) is 22.1. The van der Waals surface area contributed by atoms with Gasteiger partial charge in [0.05, 0.1) is 0 Å². The summed E-state index contributed by atoms with van der Waals surface area (Å²) in [6.45, 7) is 5.54. The fraction of sp³-hybridized carbons (Fsp3) is 0.769. The fourth-order valence-corrected chi connectivity index (χ4v) is 4.41. The Morgan fingerprint density at radius 3 is 2.60 bits per heavy atom. The van der Waals surface area contributed by atoms with Crippen molar-refractivity contribution in [2.75, 3.05) is 18.8 Å². The van der Waals surface area contributed by atoms with Gasteiger partial charge in [-0.05, 0) is 31.1 Å². The maximum atomic E-state index is 12.6. The highest BCUT2D eigenvalue weighted by atomic mass is 32.2. The van der Waals surface area contributed by atoms with Crippen LogP contribution in [0.1, 0.15) is 33.1 Å². The number of hydrogen-bond acceptors (Lipinski definition) is 4. The zero-order valence-electron chi connectivity index (χ0n) is 12.4. The van der Waals surface area contributed by atoms with Gasteiger partial charge in [-0.15, -0.1) is 0 Å². The van der Waals surface area contributed by atoms with E-state index in [1.807, 2.05) is 0 Å². The maximum absolute atomic E-state index is 12.6. The molecule has 1 unspecified atom stereocenters. The lowest BCUT2D eigenvalue weighted by Gasteiger charge is -2.20. The summed E-state index contributed by atoms with van der Waals surface area (Å²) in [4.78, 5) is 0.128. The number of aryl methyl sites for hydroxylation is 1. The van der Waals surface area contributed by atoms with Crippen LogP contribution in [-0.2, 0) is 17.1 Å². The molecule has 2 rings (SSSR count). The summed E-state index contributed by atoms with van der Waals surface area (Å²) in [5.74, 6) is 1.28. The van der Waals surface area contributed by atoms with Gasteiger partial charge in [-0.1, -0.05) is 13.8 Å². The van der Waals surface area contributed by atoms with E-state index in [4.69, 9.17) is 5.73 Å². The van der Waals surface area contributed by atoms with Crippen LogP contribution >= 0.6 is 0 Å². The van der Waals surface area contributed by atoms with Crippen molar-refractivity contribution in [1.29, 1.82) is 0 Å². The van der Waals surface area contributed by atoms with E-state index in [9.17, 15) is 8.42 Å². The molecule has 0 radical (unpaired) electrons. The van der Waals surface area contributed by atoms with Crippen LogP contribution in [0.5, 0.6) is 0 Å². The third-order valence-electron chi connectivity index (χ3n) is 4.11. The van der Waals surface area contributed by atoms with E-state index >= 15 is 0 Å². The van der Waals surface area contributed by atoms with Crippen LogP contribution in [0.4, 0.5) is 5.82 Å². The molecule has 1 aromatic rings. The fourth-order valence-electron chi connectivity index (χ4n) is 2.82. The number of anilines is 1. The Morgan fingerprint density at radius 2 is 2.05 bits per heavy atom. The molecular formula is C13H24N4O2S. The largest absolute Gasteiger partial charge is 0.381 e. The average Bonchev–Trinajstić information content (AvgIpc) is 2.59. The highest BCUT2D eigenvalue weighted by Gasteiger charge is 2.31. The second kappa shape index (κ2) is 5.73. The van der Waals surface area contributed by atoms with E-state index in [-0.39, 0.29) is 10.7 Å². The first-order valence-corrected chi connectivity index (χ1v) is 8.55. The lowest BCUT2D eigenvalue weighted by molar-refractivity contribution is 0.341. The van der Waals surface area contributed by atoms with Crippen LogP contribution in [0.3, 0.4) is 0 Å². The third-order valence-corrected chi connectivity index (χ3v) is 6.03. The van der Waals surface area contributed by atoms with Crippen LogP contribution in [0, 0.1) is 11.8 Å². The molecule has 1 fully saturated rings. The van der Waals surface area contributed by atoms with Gasteiger partial charge >= 0.3 is 0 Å². The van der Waals surface area contributed by atoms with E-state index in [0.717, 1.165) is 19.3 Å². The number of nitrogens with two attached hydrogens (primary N) is 1. The van der Waals surface area contributed by atoms with Crippen molar-refractivity contribution in [2.24, 2.45) is 18.9 Å². The molecule has 2 N–H and O–H groups in total. The maximum Gasteiger partial charge on any atom is 0.248 e. The van der Waals surface area contributed by atoms with Crippen molar-refractivity contribution in [3.63, 3.8) is 0 Å². The zero-order chi connectivity index (χ0) is 14.9. The van der Waals surface area contributed by atoms with Gasteiger partial charge in [0.15, 0.2) is 5.82 Å². The van der Waals surface area contributed by atoms with Crippen molar-refractivity contribution in [3.05, 3.63) is 6.20 Å². The van der Waals surface area contributed by atoms with Crippen LogP contribution in [0.15, 0.2) is 11.1 Å². The summed E-state index contributed by atoms with van der Waals surface area (Å²) in [6, 6.07) is 0. The molecule has 0 amide bonds. The van der Waals surface area contributed by atoms with Gasteiger partial charge in [0, 0.05) is 26.3 Å². The molecule has 0 bridgehead atoms. The molecule has 1 aromatic heterocycles. The molecule has 20 heavy (non-hydrogen) atoms. The van der Waals surface area contributed by atoms with Gasteiger partial charge in [0.2, 0.25) is 10.0 Å². The first-order valence-electron chi connectivity index (χ1n) is 7.11. The molecule has 6 nitrogen and oxygen atoms in total. The van der Waals surface area contributed by atoms with Crippen LogP contribution in [0.2, 0.25) is 0 Å². The van der Waals surface area contributed by atoms with Crippen molar-refractivity contribution in [3.8, 4) is 0 Å². The monoisotopic (exact) mass is 300 g/mol. The summed E-state index contributed by atoms with van der Waals surface area (Å²) in [7, 11) is -1.85. The van der Waals surface area contributed by atoms with E-state index in [1.165, 1.54) is 10.9 Å². The summed E-state index contributed by atoms with van der Waals surface area (Å²) in [6.07, 6.45) is 4.39. The molecule has 1 aliphatic heterocycles. The van der Waals surface area contributed by atoms with Gasteiger partial charge in [0.25, 0.3) is 0 Å². The first kappa shape index (κ1) is 15.3. The molecule has 0 spiro atoms. The van der Waals surface area contributed by atoms with E-state index in [0.29, 0.717) is 24.9 Å². The quantitative estimate of drug-likeness (QED) is 0.916. The lowest BCUT2D eigenvalue weighted by Crippen LogP contribution is -2.32. The number of nitrogen functional groups attached to an aromatic ring is 1. The predicted octanol–water partition coefficient (Wildman–Crippen LogP) is 1.45. The van der Waals surface area contributed by atoms with Gasteiger partial charge < -0.3 is 5.73 Å². The average molecular weight is 300 g/mol. The summed E-state index contributed by atoms with van der Waals surface area (Å²) < 4.78 is 28.3. The zero-order valence-corrected chi connectivity index (χ0v) is 13.2. The molecule has 1 aliphatic rings. The molecule has 114 valence electrons. The minimum absolute atomic E-state index is 0.0807. The van der Waals surface area contributed by atoms with Gasteiger partial charge in [-0.2, -0.15) is 9.40 Å². The van der Waals surface area contributed by atoms with Crippen molar-refractivity contribution >= 4 is 15.8 Å². The number of sulfonamides is 1. The van der Waals surface area contributed by atoms with Gasteiger partial charge in [-0.3, -0.25) is 4.68 Å². The summed E-state index contributed by atoms with van der Waals surface area (Å²) in [5, 5.41) is 3.93. The number of rotatable bonds is 3. The number of aromatic nitrogens is 2. The van der Waals surface area contributed by atoms with Crippen LogP contribution < -0.4 is 5.73 Å². The van der Waals surface area contributed by atoms with Crippen LogP contribution in [-0.4, -0.2) is 35.6 Å². The van der Waals surface area contributed by atoms with Crippen molar-refractivity contribution in [2.45, 2.75) is 38.0 Å². The lowest BCUT2D eigenvalue weighted by atomic mass is 9.89. The molecule has 1 atom stereocenters. The molecule has 2 heterocycles. The second-order valence-electron chi connectivity index (χ2n) is 5.89. The molecule has 0 aliphatic carbocycles. The van der Waals surface area contributed by atoms with E-state index < -0.39 is 10.0 Å². The van der Waals surface area contributed by atoms with Crippen molar-refractivity contribution < 1.29 is 8.42 Å². The predicted molar refractivity (Wildman–Crippen MR) is 78.6 cm³/mol. The topological polar surface area (TPSA) is 81.2 Å². The highest BCUT2D eigenvalue weighted by Crippen LogP contribution is 2.28. The standard InChI is InChI=1S/C13H24N4O2S/c1-10(2)11-5-4-7-17(8-6-11)20(18,19)12-9-16(3)15-13(12)14/h9-11H,4-8H2,1-3H3,(H2,14,15). The summed E-state index contributed by atoms with van der Waals surface area (Å²) >= 11 is 0. The first-order chi connectivity index (χ1) is 9.32. The molecular weight excluding hydrogens is 276 g/mol. The van der Waals surface area contributed by atoms with Gasteiger partial charge in [-0.25, -0.2) is 8.42 Å². The van der Waals surface area contributed by atoms with Crippen LogP contribution in [0.25, 0.3) is 0 Å². The Balaban J connectivity index is 2.20. The highest BCUT2D eigenvalue weighted by molar-refractivity contribution is 7.89. The molecule has 0 saturated carbocycles. The van der Waals surface area contributed by atoms with E-state index in [2.05, 4.69) is 18.9 Å². The summed E-state index contributed by atoms with van der Waals surface area (Å²) in [5.41, 5.74) is 5.71. The third kappa shape index (κ3) is 2.98. The Bertz CT molecular complexity index is 565.